The van der Waals surface area contributed by atoms with Gasteiger partial charge in [-0.25, -0.2) is 19.3 Å². The van der Waals surface area contributed by atoms with E-state index in [-0.39, 0.29) is 5.82 Å². The van der Waals surface area contributed by atoms with Crippen LogP contribution in [0.4, 0.5) is 4.39 Å². The molecule has 142 valence electrons. The van der Waals surface area contributed by atoms with Gasteiger partial charge >= 0.3 is 0 Å². The summed E-state index contributed by atoms with van der Waals surface area (Å²) >= 11 is 0. The first-order valence-corrected chi connectivity index (χ1v) is 9.33. The minimum Gasteiger partial charge on any atom is -0.337 e. The average molecular weight is 367 g/mol. The van der Waals surface area contributed by atoms with Crippen LogP contribution in [-0.2, 0) is 19.6 Å². The molecule has 0 fully saturated rings. The topological polar surface area (TPSA) is 46.8 Å². The molecule has 0 atom stereocenters. The first-order valence-electron chi connectivity index (χ1n) is 9.33. The van der Waals surface area contributed by atoms with Crippen LogP contribution in [0.1, 0.15) is 43.1 Å². The van der Waals surface area contributed by atoms with Crippen LogP contribution in [-0.4, -0.2) is 31.0 Å². The minimum atomic E-state index is -0.199. The zero-order chi connectivity index (χ0) is 19.1. The van der Waals surface area contributed by atoms with Crippen LogP contribution >= 0.6 is 0 Å². The molecule has 0 aliphatic carbocycles. The van der Waals surface area contributed by atoms with Gasteiger partial charge in [0.1, 0.15) is 11.6 Å². The number of imidazole rings is 1. The Morgan fingerprint density at radius 1 is 1.11 bits per heavy atom. The van der Waals surface area contributed by atoms with E-state index in [1.165, 1.54) is 6.07 Å². The lowest BCUT2D eigenvalue weighted by atomic mass is 10.1. The third-order valence-electron chi connectivity index (χ3n) is 4.39. The number of hydrogen-bond acceptors (Lipinski definition) is 4. The molecule has 2 heterocycles. The van der Waals surface area contributed by atoms with Crippen molar-refractivity contribution in [1.82, 2.24) is 24.4 Å². The van der Waals surface area contributed by atoms with E-state index in [2.05, 4.69) is 38.3 Å². The normalized spacial score (nSPS) is 11.4. The second-order valence-electron chi connectivity index (χ2n) is 7.10. The van der Waals surface area contributed by atoms with Crippen molar-refractivity contribution in [3.8, 4) is 0 Å². The van der Waals surface area contributed by atoms with Gasteiger partial charge in [-0.2, -0.15) is 0 Å². The van der Waals surface area contributed by atoms with Crippen molar-refractivity contribution in [2.24, 2.45) is 0 Å². The molecule has 3 rings (SSSR count). The summed E-state index contributed by atoms with van der Waals surface area (Å²) in [6, 6.07) is 6.80. The van der Waals surface area contributed by atoms with E-state index in [0.717, 1.165) is 43.0 Å². The van der Waals surface area contributed by atoms with Gasteiger partial charge in [-0.3, -0.25) is 4.90 Å². The van der Waals surface area contributed by atoms with Crippen molar-refractivity contribution in [1.29, 1.82) is 0 Å². The first kappa shape index (κ1) is 19.2. The number of aryl methyl sites for hydroxylation is 1. The standard InChI is InChI=1S/C21H26FN5/c1-17(2)21-24-12-19(13-25-21)15-27(9-4-8-26-10-7-23-16-26)14-18-5-3-6-20(22)11-18/h3,5-7,10-13,16-17H,4,8-9,14-15H2,1-2H3. The molecule has 0 aliphatic heterocycles. The van der Waals surface area contributed by atoms with Gasteiger partial charge in [0.05, 0.1) is 6.33 Å². The van der Waals surface area contributed by atoms with Crippen LogP contribution in [0.2, 0.25) is 0 Å². The summed E-state index contributed by atoms with van der Waals surface area (Å²) < 4.78 is 15.6. The summed E-state index contributed by atoms with van der Waals surface area (Å²) in [7, 11) is 0. The zero-order valence-corrected chi connectivity index (χ0v) is 15.9. The molecule has 6 heteroatoms. The van der Waals surface area contributed by atoms with Crippen LogP contribution < -0.4 is 0 Å². The molecule has 3 aromatic rings. The molecular formula is C21H26FN5. The first-order chi connectivity index (χ1) is 13.1. The van der Waals surface area contributed by atoms with Gasteiger partial charge in [0.15, 0.2) is 0 Å². The van der Waals surface area contributed by atoms with Crippen molar-refractivity contribution in [3.05, 3.63) is 78.1 Å². The molecule has 5 nitrogen and oxygen atoms in total. The number of halogens is 1. The smallest absolute Gasteiger partial charge is 0.130 e. The maximum Gasteiger partial charge on any atom is 0.130 e. The maximum atomic E-state index is 13.6. The molecule has 0 spiro atoms. The predicted octanol–water partition coefficient (Wildman–Crippen LogP) is 4.03. The van der Waals surface area contributed by atoms with Gasteiger partial charge in [-0.15, -0.1) is 0 Å². The fourth-order valence-corrected chi connectivity index (χ4v) is 3.01. The Morgan fingerprint density at radius 2 is 1.89 bits per heavy atom. The van der Waals surface area contributed by atoms with E-state index in [9.17, 15) is 4.39 Å². The van der Waals surface area contributed by atoms with Crippen molar-refractivity contribution < 1.29 is 4.39 Å². The fraction of sp³-hybridized carbons (Fsp3) is 0.381. The van der Waals surface area contributed by atoms with E-state index in [0.29, 0.717) is 12.5 Å². The lowest BCUT2D eigenvalue weighted by Gasteiger charge is -2.22. The highest BCUT2D eigenvalue weighted by Gasteiger charge is 2.10. The highest BCUT2D eigenvalue weighted by molar-refractivity contribution is 5.16. The summed E-state index contributed by atoms with van der Waals surface area (Å²) in [4.78, 5) is 15.3. The highest BCUT2D eigenvalue weighted by Crippen LogP contribution is 2.13. The van der Waals surface area contributed by atoms with E-state index in [1.54, 1.807) is 18.3 Å². The van der Waals surface area contributed by atoms with E-state index >= 15 is 0 Å². The third-order valence-corrected chi connectivity index (χ3v) is 4.39. The Labute approximate surface area is 159 Å². The number of nitrogens with zero attached hydrogens (tertiary/aromatic N) is 5. The number of rotatable bonds is 9. The second kappa shape index (κ2) is 9.37. The molecular weight excluding hydrogens is 341 g/mol. The fourth-order valence-electron chi connectivity index (χ4n) is 3.01. The number of hydrogen-bond donors (Lipinski definition) is 0. The van der Waals surface area contributed by atoms with Crippen molar-refractivity contribution in [2.45, 2.75) is 45.8 Å². The second-order valence-corrected chi connectivity index (χ2v) is 7.10. The molecule has 0 N–H and O–H groups in total. The molecule has 0 bridgehead atoms. The Morgan fingerprint density at radius 3 is 2.56 bits per heavy atom. The molecule has 0 unspecified atom stereocenters. The molecule has 0 amide bonds. The highest BCUT2D eigenvalue weighted by atomic mass is 19.1. The van der Waals surface area contributed by atoms with E-state index in [1.807, 2.05) is 31.0 Å². The molecule has 27 heavy (non-hydrogen) atoms. The summed E-state index contributed by atoms with van der Waals surface area (Å²) in [5.74, 6) is 0.976. The summed E-state index contributed by atoms with van der Waals surface area (Å²) in [6.07, 6.45) is 10.4. The molecule has 0 radical (unpaired) electrons. The van der Waals surface area contributed by atoms with Gasteiger partial charge in [0.25, 0.3) is 0 Å². The van der Waals surface area contributed by atoms with Crippen LogP contribution in [0.15, 0.2) is 55.4 Å². The number of aromatic nitrogens is 4. The molecule has 1 aromatic carbocycles. The third kappa shape index (κ3) is 5.96. The maximum absolute atomic E-state index is 13.6. The Bertz CT molecular complexity index is 815. The van der Waals surface area contributed by atoms with Gasteiger partial charge in [0, 0.05) is 62.4 Å². The van der Waals surface area contributed by atoms with Gasteiger partial charge in [-0.05, 0) is 24.1 Å². The van der Waals surface area contributed by atoms with Crippen LogP contribution in [0.5, 0.6) is 0 Å². The zero-order valence-electron chi connectivity index (χ0n) is 15.9. The predicted molar refractivity (Wildman–Crippen MR) is 103 cm³/mol. The number of benzene rings is 1. The Hall–Kier alpha value is -2.60. The quantitative estimate of drug-likeness (QED) is 0.573. The molecule has 0 aliphatic rings. The SMILES string of the molecule is CC(C)c1ncc(CN(CCCn2ccnc2)Cc2cccc(F)c2)cn1. The van der Waals surface area contributed by atoms with E-state index in [4.69, 9.17) is 0 Å². The van der Waals surface area contributed by atoms with Gasteiger partial charge in [-0.1, -0.05) is 26.0 Å². The largest absolute Gasteiger partial charge is 0.337 e. The minimum absolute atomic E-state index is 0.199. The van der Waals surface area contributed by atoms with Crippen molar-refractivity contribution in [2.75, 3.05) is 6.54 Å². The summed E-state index contributed by atoms with van der Waals surface area (Å²) in [6.45, 7) is 7.39. The lowest BCUT2D eigenvalue weighted by Crippen LogP contribution is -2.25. The average Bonchev–Trinajstić information content (AvgIpc) is 3.15. The Balaban J connectivity index is 1.65. The summed E-state index contributed by atoms with van der Waals surface area (Å²) in [5, 5.41) is 0. The summed E-state index contributed by atoms with van der Waals surface area (Å²) in [5.41, 5.74) is 2.04. The van der Waals surface area contributed by atoms with Crippen LogP contribution in [0.3, 0.4) is 0 Å². The Kier molecular flexibility index (Phi) is 6.65. The molecule has 2 aromatic heterocycles. The van der Waals surface area contributed by atoms with Crippen molar-refractivity contribution >= 4 is 0 Å². The van der Waals surface area contributed by atoms with Gasteiger partial charge in [0.2, 0.25) is 0 Å². The van der Waals surface area contributed by atoms with Crippen LogP contribution in [0, 0.1) is 5.82 Å². The van der Waals surface area contributed by atoms with Crippen LogP contribution in [0.25, 0.3) is 0 Å². The molecule has 0 saturated carbocycles. The van der Waals surface area contributed by atoms with Gasteiger partial charge < -0.3 is 4.57 Å². The lowest BCUT2D eigenvalue weighted by molar-refractivity contribution is 0.247. The van der Waals surface area contributed by atoms with E-state index < -0.39 is 0 Å². The monoisotopic (exact) mass is 367 g/mol. The molecule has 0 saturated heterocycles. The van der Waals surface area contributed by atoms with Crippen molar-refractivity contribution in [3.63, 3.8) is 0 Å².